The van der Waals surface area contributed by atoms with Crippen LogP contribution in [-0.4, -0.2) is 17.5 Å². The number of ketones is 1. The molecule has 0 aliphatic heterocycles. The molecule has 0 fully saturated rings. The first-order valence-electron chi connectivity index (χ1n) is 6.28. The van der Waals surface area contributed by atoms with Gasteiger partial charge in [-0.3, -0.25) is 4.79 Å². The Kier molecular flexibility index (Phi) is 7.49. The molecule has 0 atom stereocenters. The molecule has 0 saturated heterocycles. The normalized spacial score (nSPS) is 10.1. The summed E-state index contributed by atoms with van der Waals surface area (Å²) in [5.74, 6) is 0.302. The fourth-order valence-electron chi connectivity index (χ4n) is 1.25. The molecule has 1 amide bonds. The lowest BCUT2D eigenvalue weighted by atomic mass is 10.1. The van der Waals surface area contributed by atoms with Crippen LogP contribution < -0.4 is 5.73 Å². The van der Waals surface area contributed by atoms with E-state index in [-0.39, 0.29) is 0 Å². The van der Waals surface area contributed by atoms with Crippen molar-refractivity contribution >= 4 is 11.9 Å². The summed E-state index contributed by atoms with van der Waals surface area (Å²) in [6.07, 6.45) is 0.490. The maximum atomic E-state index is 11.0. The van der Waals surface area contributed by atoms with Crippen LogP contribution in [0.5, 0.6) is 0 Å². The van der Waals surface area contributed by atoms with E-state index < -0.39 is 11.7 Å². The molecule has 1 rings (SSSR count). The van der Waals surface area contributed by atoms with Gasteiger partial charge in [-0.2, -0.15) is 0 Å². The first kappa shape index (κ1) is 17.2. The summed E-state index contributed by atoms with van der Waals surface area (Å²) in [5, 5.41) is 0. The molecule has 0 unspecified atom stereocenters. The van der Waals surface area contributed by atoms with Crippen LogP contribution in [0.3, 0.4) is 0 Å². The summed E-state index contributed by atoms with van der Waals surface area (Å²) in [7, 11) is 0. The van der Waals surface area contributed by atoms with Gasteiger partial charge in [0.25, 0.3) is 0 Å². The number of Topliss-reactive ketones (excluding diaryl/α,β-unsaturated/α-hetero) is 1. The van der Waals surface area contributed by atoms with Crippen LogP contribution in [0.2, 0.25) is 0 Å². The van der Waals surface area contributed by atoms with Gasteiger partial charge < -0.3 is 10.5 Å². The minimum atomic E-state index is -0.725. The molecule has 0 aliphatic carbocycles. The number of nitrogens with two attached hydrogens (primary N) is 1. The molecule has 4 heteroatoms. The molecule has 0 spiro atoms. The Morgan fingerprint density at radius 3 is 2.00 bits per heavy atom. The zero-order chi connectivity index (χ0) is 14.9. The van der Waals surface area contributed by atoms with Crippen molar-refractivity contribution in [3.8, 4) is 0 Å². The van der Waals surface area contributed by atoms with Crippen molar-refractivity contribution in [1.82, 2.24) is 0 Å². The zero-order valence-electron chi connectivity index (χ0n) is 12.1. The van der Waals surface area contributed by atoms with Gasteiger partial charge in [-0.1, -0.05) is 37.3 Å². The van der Waals surface area contributed by atoms with Gasteiger partial charge in [-0.15, -0.1) is 0 Å². The molecular weight excluding hydrogens is 242 g/mol. The second kappa shape index (κ2) is 8.29. The Balaban J connectivity index is 0.000000362. The van der Waals surface area contributed by atoms with Crippen LogP contribution in [0, 0.1) is 0 Å². The first-order valence-corrected chi connectivity index (χ1v) is 6.28. The van der Waals surface area contributed by atoms with Crippen LogP contribution in [-0.2, 0) is 16.0 Å². The van der Waals surface area contributed by atoms with Gasteiger partial charge >= 0.3 is 6.09 Å². The summed E-state index contributed by atoms with van der Waals surface area (Å²) < 4.78 is 4.58. The highest BCUT2D eigenvalue weighted by atomic mass is 16.6. The molecule has 4 nitrogen and oxygen atoms in total. The Labute approximate surface area is 114 Å². The number of amides is 1. The van der Waals surface area contributed by atoms with Gasteiger partial charge in [0.2, 0.25) is 0 Å². The summed E-state index contributed by atoms with van der Waals surface area (Å²) in [4.78, 5) is 21.0. The maximum Gasteiger partial charge on any atom is 0.405 e. The van der Waals surface area contributed by atoms with E-state index in [4.69, 9.17) is 5.73 Å². The van der Waals surface area contributed by atoms with Crippen LogP contribution in [0.15, 0.2) is 30.3 Å². The number of carbonyl (C=O) groups excluding carboxylic acids is 2. The SMILES string of the molecule is CC(C)(C)OC(N)=O.CCC(=O)Cc1ccccc1. The van der Waals surface area contributed by atoms with Gasteiger partial charge in [0, 0.05) is 12.8 Å². The number of hydrogen-bond acceptors (Lipinski definition) is 3. The third-order valence-corrected chi connectivity index (χ3v) is 2.05. The largest absolute Gasteiger partial charge is 0.444 e. The van der Waals surface area contributed by atoms with E-state index in [1.54, 1.807) is 20.8 Å². The number of rotatable bonds is 3. The molecule has 0 heterocycles. The molecule has 0 bridgehead atoms. The molecule has 0 aliphatic rings. The maximum absolute atomic E-state index is 11.0. The molecular formula is C15H23NO3. The number of benzene rings is 1. The minimum absolute atomic E-state index is 0.302. The molecule has 19 heavy (non-hydrogen) atoms. The molecule has 2 N–H and O–H groups in total. The van der Waals surface area contributed by atoms with Crippen molar-refractivity contribution in [2.75, 3.05) is 0 Å². The average molecular weight is 265 g/mol. The van der Waals surface area contributed by atoms with Crippen LogP contribution in [0.1, 0.15) is 39.7 Å². The van der Waals surface area contributed by atoms with Crippen molar-refractivity contribution in [2.24, 2.45) is 5.73 Å². The molecule has 0 saturated carbocycles. The van der Waals surface area contributed by atoms with Crippen LogP contribution in [0.25, 0.3) is 0 Å². The third-order valence-electron chi connectivity index (χ3n) is 2.05. The van der Waals surface area contributed by atoms with Gasteiger partial charge in [-0.25, -0.2) is 4.79 Å². The van der Waals surface area contributed by atoms with Crippen LogP contribution >= 0.6 is 0 Å². The highest BCUT2D eigenvalue weighted by molar-refractivity contribution is 5.80. The topological polar surface area (TPSA) is 69.4 Å². The second-order valence-electron chi connectivity index (χ2n) is 5.09. The zero-order valence-corrected chi connectivity index (χ0v) is 12.1. The number of primary amides is 1. The van der Waals surface area contributed by atoms with E-state index in [1.165, 1.54) is 0 Å². The summed E-state index contributed by atoms with van der Waals surface area (Å²) in [6.45, 7) is 7.18. The lowest BCUT2D eigenvalue weighted by Crippen LogP contribution is -2.27. The molecule has 0 radical (unpaired) electrons. The van der Waals surface area contributed by atoms with E-state index in [1.807, 2.05) is 37.3 Å². The van der Waals surface area contributed by atoms with Crippen molar-refractivity contribution in [3.63, 3.8) is 0 Å². The molecule has 0 aromatic heterocycles. The van der Waals surface area contributed by atoms with E-state index in [2.05, 4.69) is 4.74 Å². The van der Waals surface area contributed by atoms with E-state index in [0.717, 1.165) is 5.56 Å². The Morgan fingerprint density at radius 2 is 1.68 bits per heavy atom. The van der Waals surface area contributed by atoms with Gasteiger partial charge in [0.05, 0.1) is 0 Å². The lowest BCUT2D eigenvalue weighted by molar-refractivity contribution is -0.118. The van der Waals surface area contributed by atoms with Crippen molar-refractivity contribution in [1.29, 1.82) is 0 Å². The van der Waals surface area contributed by atoms with Crippen molar-refractivity contribution in [2.45, 2.75) is 46.1 Å². The van der Waals surface area contributed by atoms with Gasteiger partial charge in [0.1, 0.15) is 11.4 Å². The van der Waals surface area contributed by atoms with Gasteiger partial charge in [-0.05, 0) is 26.3 Å². The minimum Gasteiger partial charge on any atom is -0.444 e. The fourth-order valence-corrected chi connectivity index (χ4v) is 1.25. The van der Waals surface area contributed by atoms with Crippen molar-refractivity contribution in [3.05, 3.63) is 35.9 Å². The quantitative estimate of drug-likeness (QED) is 0.913. The molecule has 1 aromatic carbocycles. The monoisotopic (exact) mass is 265 g/mol. The predicted octanol–water partition coefficient (Wildman–Crippen LogP) is 3.09. The second-order valence-corrected chi connectivity index (χ2v) is 5.09. The summed E-state index contributed by atoms with van der Waals surface area (Å²) in [6, 6.07) is 9.83. The predicted molar refractivity (Wildman–Crippen MR) is 75.9 cm³/mol. The van der Waals surface area contributed by atoms with Crippen LogP contribution in [0.4, 0.5) is 4.79 Å². The molecule has 1 aromatic rings. The third kappa shape index (κ3) is 11.0. The Hall–Kier alpha value is -1.84. The van der Waals surface area contributed by atoms with E-state index in [0.29, 0.717) is 18.6 Å². The van der Waals surface area contributed by atoms with Crippen molar-refractivity contribution < 1.29 is 14.3 Å². The standard InChI is InChI=1S/C10H12O.C5H11NO2/c1-2-10(11)8-9-6-4-3-5-7-9;1-5(2,3)8-4(6)7/h3-7H,2,8H2,1H3;1-3H3,(H2,6,7). The first-order chi connectivity index (χ1) is 8.74. The lowest BCUT2D eigenvalue weighted by Gasteiger charge is -2.16. The Bertz CT molecular complexity index is 394. The summed E-state index contributed by atoms with van der Waals surface area (Å²) in [5.41, 5.74) is 5.38. The number of ether oxygens (including phenoxy) is 1. The smallest absolute Gasteiger partial charge is 0.405 e. The number of hydrogen-bond donors (Lipinski definition) is 1. The summed E-state index contributed by atoms with van der Waals surface area (Å²) >= 11 is 0. The van der Waals surface area contributed by atoms with E-state index >= 15 is 0 Å². The highest BCUT2D eigenvalue weighted by Crippen LogP contribution is 2.04. The van der Waals surface area contributed by atoms with E-state index in [9.17, 15) is 9.59 Å². The number of carbonyl (C=O) groups is 2. The fraction of sp³-hybridized carbons (Fsp3) is 0.467. The molecule has 106 valence electrons. The van der Waals surface area contributed by atoms with Gasteiger partial charge in [0.15, 0.2) is 0 Å². The highest BCUT2D eigenvalue weighted by Gasteiger charge is 2.12. The Morgan fingerprint density at radius 1 is 1.16 bits per heavy atom. The average Bonchev–Trinajstić information content (AvgIpc) is 2.27.